The Morgan fingerprint density at radius 3 is 2.73 bits per heavy atom. The van der Waals surface area contributed by atoms with Crippen molar-refractivity contribution in [1.29, 1.82) is 0 Å². The van der Waals surface area contributed by atoms with Crippen LogP contribution in [0.4, 0.5) is 0 Å². The van der Waals surface area contributed by atoms with Crippen molar-refractivity contribution in [2.75, 3.05) is 24.7 Å². The lowest BCUT2D eigenvalue weighted by Crippen LogP contribution is -2.43. The summed E-state index contributed by atoms with van der Waals surface area (Å²) in [6.07, 6.45) is 1.85. The monoisotopic (exact) mass is 346 g/mol. The molecule has 9 heteroatoms. The van der Waals surface area contributed by atoms with Crippen LogP contribution in [0.15, 0.2) is 6.20 Å². The van der Waals surface area contributed by atoms with Crippen LogP contribution in [0.2, 0.25) is 0 Å². The van der Waals surface area contributed by atoms with Crippen molar-refractivity contribution in [3.8, 4) is 0 Å². The lowest BCUT2D eigenvalue weighted by atomic mass is 10.2. The van der Waals surface area contributed by atoms with Gasteiger partial charge in [-0.25, -0.2) is 18.2 Å². The molecule has 1 aliphatic rings. The molecule has 1 saturated heterocycles. The maximum atomic E-state index is 12.2. The predicted octanol–water partition coefficient (Wildman–Crippen LogP) is 0.644. The van der Waals surface area contributed by atoms with E-state index >= 15 is 0 Å². The largest absolute Gasteiger partial charge is 0.451 e. The van der Waals surface area contributed by atoms with Gasteiger partial charge in [-0.3, -0.25) is 4.79 Å². The van der Waals surface area contributed by atoms with Gasteiger partial charge >= 0.3 is 5.97 Å². The highest BCUT2D eigenvalue weighted by molar-refractivity contribution is 7.91. The van der Waals surface area contributed by atoms with Gasteiger partial charge in [0.1, 0.15) is 4.88 Å². The highest BCUT2D eigenvalue weighted by Gasteiger charge is 2.34. The van der Waals surface area contributed by atoms with Gasteiger partial charge in [0.15, 0.2) is 16.4 Å². The molecule has 0 spiro atoms. The standard InChI is InChI=1S/C13H18N2O5S2/c1-3-15(10-4-5-22(18,19)8-10)12(16)7-20-13(17)11-6-14-9(2)21-11/h6,10H,3-5,7-8H2,1-2H3. The van der Waals surface area contributed by atoms with Gasteiger partial charge in [-0.1, -0.05) is 0 Å². The SMILES string of the molecule is CCN(C(=O)COC(=O)c1cnc(C)s1)C1CCS(=O)(=O)C1. The molecular formula is C13H18N2O5S2. The lowest BCUT2D eigenvalue weighted by Gasteiger charge is -2.26. The van der Waals surface area contributed by atoms with Gasteiger partial charge in [-0.05, 0) is 20.3 Å². The molecule has 2 rings (SSSR count). The van der Waals surface area contributed by atoms with E-state index in [1.165, 1.54) is 22.4 Å². The zero-order chi connectivity index (χ0) is 16.3. The van der Waals surface area contributed by atoms with Crippen molar-refractivity contribution in [3.05, 3.63) is 16.1 Å². The van der Waals surface area contributed by atoms with Gasteiger partial charge in [0, 0.05) is 12.6 Å². The van der Waals surface area contributed by atoms with E-state index < -0.39 is 15.8 Å². The number of aromatic nitrogens is 1. The van der Waals surface area contributed by atoms with Gasteiger partial charge < -0.3 is 9.64 Å². The lowest BCUT2D eigenvalue weighted by molar-refractivity contribution is -0.136. The van der Waals surface area contributed by atoms with Crippen molar-refractivity contribution >= 4 is 33.1 Å². The van der Waals surface area contributed by atoms with Crippen molar-refractivity contribution in [2.24, 2.45) is 0 Å². The van der Waals surface area contributed by atoms with Crippen molar-refractivity contribution in [1.82, 2.24) is 9.88 Å². The molecule has 0 bridgehead atoms. The Hall–Kier alpha value is -1.48. The van der Waals surface area contributed by atoms with Crippen LogP contribution in [-0.2, 0) is 19.4 Å². The molecule has 1 unspecified atom stereocenters. The van der Waals surface area contributed by atoms with Crippen LogP contribution >= 0.6 is 11.3 Å². The van der Waals surface area contributed by atoms with Crippen LogP contribution in [0.1, 0.15) is 28.0 Å². The highest BCUT2D eigenvalue weighted by atomic mass is 32.2. The number of aryl methyl sites for hydroxylation is 1. The minimum atomic E-state index is -3.06. The number of ether oxygens (including phenoxy) is 1. The minimum absolute atomic E-state index is 0.0193. The molecule has 1 amide bonds. The Balaban J connectivity index is 1.91. The Morgan fingerprint density at radius 1 is 1.50 bits per heavy atom. The Labute approximate surface area is 133 Å². The van der Waals surface area contributed by atoms with Gasteiger partial charge in [-0.15, -0.1) is 11.3 Å². The number of amides is 1. The third-order valence-corrected chi connectivity index (χ3v) is 6.10. The first-order valence-electron chi connectivity index (χ1n) is 6.92. The maximum Gasteiger partial charge on any atom is 0.350 e. The first-order chi connectivity index (χ1) is 10.3. The van der Waals surface area contributed by atoms with E-state index in [0.717, 1.165) is 5.01 Å². The molecule has 22 heavy (non-hydrogen) atoms. The van der Waals surface area contributed by atoms with Gasteiger partial charge in [0.2, 0.25) is 0 Å². The van der Waals surface area contributed by atoms with Crippen molar-refractivity contribution in [2.45, 2.75) is 26.3 Å². The summed E-state index contributed by atoms with van der Waals surface area (Å²) < 4.78 is 28.0. The molecule has 0 N–H and O–H groups in total. The molecule has 1 fully saturated rings. The summed E-state index contributed by atoms with van der Waals surface area (Å²) >= 11 is 1.20. The third-order valence-electron chi connectivity index (χ3n) is 3.46. The number of thiazole rings is 1. The Kier molecular flexibility index (Phi) is 5.17. The minimum Gasteiger partial charge on any atom is -0.451 e. The molecule has 7 nitrogen and oxygen atoms in total. The van der Waals surface area contributed by atoms with E-state index in [1.807, 2.05) is 0 Å². The number of hydrogen-bond acceptors (Lipinski definition) is 7. The molecule has 0 radical (unpaired) electrons. The van der Waals surface area contributed by atoms with Crippen LogP contribution in [0.3, 0.4) is 0 Å². The molecule has 1 aromatic rings. The topological polar surface area (TPSA) is 93.6 Å². The quantitative estimate of drug-likeness (QED) is 0.727. The van der Waals surface area contributed by atoms with Crippen LogP contribution in [-0.4, -0.2) is 60.9 Å². The number of hydrogen-bond donors (Lipinski definition) is 0. The van der Waals surface area contributed by atoms with Crippen molar-refractivity contribution in [3.63, 3.8) is 0 Å². The first-order valence-corrected chi connectivity index (χ1v) is 9.55. The number of sulfone groups is 1. The fourth-order valence-corrected chi connectivity index (χ4v) is 4.80. The summed E-state index contributed by atoms with van der Waals surface area (Å²) in [7, 11) is -3.06. The molecule has 0 saturated carbocycles. The second-order valence-electron chi connectivity index (χ2n) is 5.06. The zero-order valence-corrected chi connectivity index (χ0v) is 14.1. The summed E-state index contributed by atoms with van der Waals surface area (Å²) in [5, 5.41) is 0.740. The van der Waals surface area contributed by atoms with E-state index in [-0.39, 0.29) is 30.1 Å². The molecule has 2 heterocycles. The second kappa shape index (κ2) is 6.74. The molecule has 0 aromatic carbocycles. The smallest absolute Gasteiger partial charge is 0.350 e. The van der Waals surface area contributed by atoms with Crippen molar-refractivity contribution < 1.29 is 22.7 Å². The average molecular weight is 346 g/mol. The number of nitrogens with zero attached hydrogens (tertiary/aromatic N) is 2. The average Bonchev–Trinajstić information content (AvgIpc) is 3.03. The van der Waals surface area contributed by atoms with Crippen LogP contribution in [0, 0.1) is 6.92 Å². The second-order valence-corrected chi connectivity index (χ2v) is 8.52. The van der Waals surface area contributed by atoms with Crippen LogP contribution in [0.5, 0.6) is 0 Å². The molecule has 1 aliphatic heterocycles. The summed E-state index contributed by atoms with van der Waals surface area (Å²) in [5.41, 5.74) is 0. The van der Waals surface area contributed by atoms with E-state index in [1.54, 1.807) is 13.8 Å². The van der Waals surface area contributed by atoms with Gasteiger partial charge in [-0.2, -0.15) is 0 Å². The fourth-order valence-electron chi connectivity index (χ4n) is 2.40. The van der Waals surface area contributed by atoms with Gasteiger partial charge in [0.25, 0.3) is 5.91 Å². The highest BCUT2D eigenvalue weighted by Crippen LogP contribution is 2.18. The van der Waals surface area contributed by atoms with E-state index in [2.05, 4.69) is 4.98 Å². The number of likely N-dealkylation sites (N-methyl/N-ethyl adjacent to an activating group) is 1. The predicted molar refractivity (Wildman–Crippen MR) is 81.6 cm³/mol. The van der Waals surface area contributed by atoms with Crippen LogP contribution < -0.4 is 0 Å². The van der Waals surface area contributed by atoms with E-state index in [4.69, 9.17) is 4.74 Å². The Bertz CT molecular complexity index is 668. The summed E-state index contributed by atoms with van der Waals surface area (Å²) in [5.74, 6) is -0.885. The number of rotatable bonds is 5. The first kappa shape index (κ1) is 16.9. The zero-order valence-electron chi connectivity index (χ0n) is 12.4. The molecule has 1 atom stereocenters. The summed E-state index contributed by atoms with van der Waals surface area (Å²) in [6.45, 7) is 3.54. The Morgan fingerprint density at radius 2 is 2.23 bits per heavy atom. The molecule has 0 aliphatic carbocycles. The molecule has 1 aromatic heterocycles. The van der Waals surface area contributed by atoms with E-state index in [0.29, 0.717) is 17.8 Å². The summed E-state index contributed by atoms with van der Waals surface area (Å²) in [4.78, 5) is 29.7. The number of carbonyl (C=O) groups is 2. The van der Waals surface area contributed by atoms with Crippen LogP contribution in [0.25, 0.3) is 0 Å². The fraction of sp³-hybridized carbons (Fsp3) is 0.615. The normalized spacial score (nSPS) is 19.8. The van der Waals surface area contributed by atoms with Gasteiger partial charge in [0.05, 0.1) is 22.7 Å². The third kappa shape index (κ3) is 4.04. The number of esters is 1. The van der Waals surface area contributed by atoms with E-state index in [9.17, 15) is 18.0 Å². The summed E-state index contributed by atoms with van der Waals surface area (Å²) in [6, 6.07) is -0.327. The maximum absolute atomic E-state index is 12.2. The molecular weight excluding hydrogens is 328 g/mol. The molecule has 122 valence electrons. The number of carbonyl (C=O) groups excluding carboxylic acids is 2.